The number of carbonyl (C=O) groups excluding carboxylic acids is 1. The van der Waals surface area contributed by atoms with Crippen LogP contribution in [0, 0.1) is 10.1 Å². The number of fused-ring (bicyclic) bond motifs is 1. The summed E-state index contributed by atoms with van der Waals surface area (Å²) >= 11 is 0. The molecule has 0 bridgehead atoms. The average Bonchev–Trinajstić information content (AvgIpc) is 3.02. The molecule has 0 radical (unpaired) electrons. The number of amides is 1. The quantitative estimate of drug-likeness (QED) is 0.562. The van der Waals surface area contributed by atoms with Crippen LogP contribution in [0.15, 0.2) is 42.6 Å². The van der Waals surface area contributed by atoms with E-state index < -0.39 is 10.8 Å². The minimum absolute atomic E-state index is 0.0972. The number of rotatable bonds is 5. The molecule has 0 spiro atoms. The standard InChI is InChI=1S/C15H13N5O4/c1-24-12-6-5-10(8-11(12)20(22)23)15(21)16-9-14-18-17-13-4-2-3-7-19(13)14/h2-8H,9H2,1H3,(H,16,21). The number of nitro groups is 1. The maximum absolute atomic E-state index is 12.2. The zero-order valence-electron chi connectivity index (χ0n) is 12.7. The van der Waals surface area contributed by atoms with Crippen LogP contribution in [0.1, 0.15) is 16.2 Å². The normalized spacial score (nSPS) is 10.5. The first-order valence-electron chi connectivity index (χ1n) is 6.99. The zero-order chi connectivity index (χ0) is 17.1. The molecule has 3 aromatic rings. The number of pyridine rings is 1. The third kappa shape index (κ3) is 2.86. The highest BCUT2D eigenvalue weighted by Gasteiger charge is 2.18. The number of benzene rings is 1. The molecule has 3 rings (SSSR count). The summed E-state index contributed by atoms with van der Waals surface area (Å²) in [5, 5.41) is 21.7. The highest BCUT2D eigenvalue weighted by molar-refractivity contribution is 5.95. The molecule has 2 heterocycles. The maximum Gasteiger partial charge on any atom is 0.311 e. The van der Waals surface area contributed by atoms with E-state index in [1.807, 2.05) is 12.1 Å². The van der Waals surface area contributed by atoms with E-state index in [4.69, 9.17) is 4.74 Å². The number of carbonyl (C=O) groups is 1. The van der Waals surface area contributed by atoms with Gasteiger partial charge in [-0.25, -0.2) is 0 Å². The molecule has 24 heavy (non-hydrogen) atoms. The Morgan fingerprint density at radius 2 is 2.17 bits per heavy atom. The maximum atomic E-state index is 12.2. The van der Waals surface area contributed by atoms with Crippen molar-refractivity contribution in [3.63, 3.8) is 0 Å². The van der Waals surface area contributed by atoms with Crippen LogP contribution in [0.4, 0.5) is 5.69 Å². The Hall–Kier alpha value is -3.49. The molecular weight excluding hydrogens is 314 g/mol. The van der Waals surface area contributed by atoms with Crippen LogP contribution in [0.3, 0.4) is 0 Å². The molecular formula is C15H13N5O4. The molecule has 1 N–H and O–H groups in total. The van der Waals surface area contributed by atoms with Crippen molar-refractivity contribution in [2.45, 2.75) is 6.54 Å². The van der Waals surface area contributed by atoms with Gasteiger partial charge in [0.15, 0.2) is 17.2 Å². The lowest BCUT2D eigenvalue weighted by Gasteiger charge is -2.06. The number of methoxy groups -OCH3 is 1. The minimum Gasteiger partial charge on any atom is -0.490 e. The largest absolute Gasteiger partial charge is 0.490 e. The Balaban J connectivity index is 1.78. The molecule has 1 amide bonds. The van der Waals surface area contributed by atoms with E-state index in [9.17, 15) is 14.9 Å². The van der Waals surface area contributed by atoms with Gasteiger partial charge in [0, 0.05) is 17.8 Å². The molecule has 0 unspecified atom stereocenters. The molecule has 0 fully saturated rings. The van der Waals surface area contributed by atoms with Crippen LogP contribution in [0.25, 0.3) is 5.65 Å². The van der Waals surface area contributed by atoms with E-state index in [1.54, 1.807) is 16.7 Å². The molecule has 2 aromatic heterocycles. The van der Waals surface area contributed by atoms with E-state index in [0.29, 0.717) is 11.5 Å². The number of aromatic nitrogens is 3. The second kappa shape index (κ2) is 6.32. The lowest BCUT2D eigenvalue weighted by Crippen LogP contribution is -2.24. The number of nitrogens with zero attached hydrogens (tertiary/aromatic N) is 4. The molecule has 0 saturated carbocycles. The minimum atomic E-state index is -0.596. The summed E-state index contributed by atoms with van der Waals surface area (Å²) in [6.07, 6.45) is 1.79. The Morgan fingerprint density at radius 3 is 2.92 bits per heavy atom. The van der Waals surface area contributed by atoms with Crippen molar-refractivity contribution >= 4 is 17.2 Å². The second-order valence-electron chi connectivity index (χ2n) is 4.87. The Bertz CT molecular complexity index is 921. The molecule has 0 aliphatic carbocycles. The van der Waals surface area contributed by atoms with Crippen LogP contribution in [0.2, 0.25) is 0 Å². The summed E-state index contributed by atoms with van der Waals surface area (Å²) in [7, 11) is 1.33. The SMILES string of the molecule is COc1ccc(C(=O)NCc2nnc3ccccn23)cc1[N+](=O)[O-]. The molecule has 0 saturated heterocycles. The lowest BCUT2D eigenvalue weighted by molar-refractivity contribution is -0.385. The number of nitro benzene ring substituents is 1. The van der Waals surface area contributed by atoms with Crippen molar-refractivity contribution < 1.29 is 14.5 Å². The van der Waals surface area contributed by atoms with E-state index in [0.717, 1.165) is 0 Å². The van der Waals surface area contributed by atoms with Gasteiger partial charge in [0.2, 0.25) is 0 Å². The Labute approximate surface area is 136 Å². The summed E-state index contributed by atoms with van der Waals surface area (Å²) in [6, 6.07) is 9.49. The van der Waals surface area contributed by atoms with Crippen molar-refractivity contribution in [1.29, 1.82) is 0 Å². The van der Waals surface area contributed by atoms with Gasteiger partial charge in [-0.3, -0.25) is 19.3 Å². The molecule has 0 atom stereocenters. The van der Waals surface area contributed by atoms with Crippen LogP contribution in [0.5, 0.6) is 5.75 Å². The molecule has 9 heteroatoms. The highest BCUT2D eigenvalue weighted by Crippen LogP contribution is 2.27. The Morgan fingerprint density at radius 1 is 1.33 bits per heavy atom. The summed E-state index contributed by atoms with van der Waals surface area (Å²) in [4.78, 5) is 22.6. The third-order valence-corrected chi connectivity index (χ3v) is 3.43. The molecule has 1 aromatic carbocycles. The number of hydrogen-bond donors (Lipinski definition) is 1. The van der Waals surface area contributed by atoms with E-state index >= 15 is 0 Å². The fourth-order valence-electron chi connectivity index (χ4n) is 2.25. The molecule has 9 nitrogen and oxygen atoms in total. The van der Waals surface area contributed by atoms with Crippen molar-refractivity contribution in [3.05, 3.63) is 64.1 Å². The van der Waals surface area contributed by atoms with Crippen LogP contribution in [-0.2, 0) is 6.54 Å². The second-order valence-corrected chi connectivity index (χ2v) is 4.87. The summed E-state index contributed by atoms with van der Waals surface area (Å²) in [5.74, 6) is 0.204. The van der Waals surface area contributed by atoms with Crippen LogP contribution >= 0.6 is 0 Å². The van der Waals surface area contributed by atoms with E-state index in [1.165, 1.54) is 25.3 Å². The van der Waals surface area contributed by atoms with Gasteiger partial charge in [-0.2, -0.15) is 0 Å². The molecule has 0 aliphatic heterocycles. The van der Waals surface area contributed by atoms with Crippen molar-refractivity contribution in [2.24, 2.45) is 0 Å². The van der Waals surface area contributed by atoms with Crippen LogP contribution in [-0.4, -0.2) is 32.5 Å². The van der Waals surface area contributed by atoms with Crippen molar-refractivity contribution in [1.82, 2.24) is 19.9 Å². The van der Waals surface area contributed by atoms with Gasteiger partial charge in [0.1, 0.15) is 0 Å². The van der Waals surface area contributed by atoms with Crippen molar-refractivity contribution in [2.75, 3.05) is 7.11 Å². The third-order valence-electron chi connectivity index (χ3n) is 3.43. The fourth-order valence-corrected chi connectivity index (χ4v) is 2.25. The van der Waals surface area contributed by atoms with Gasteiger partial charge >= 0.3 is 5.69 Å². The first-order valence-corrected chi connectivity index (χ1v) is 6.99. The fraction of sp³-hybridized carbons (Fsp3) is 0.133. The van der Waals surface area contributed by atoms with Crippen LogP contribution < -0.4 is 10.1 Å². The predicted octanol–water partition coefficient (Wildman–Crippen LogP) is 1.58. The highest BCUT2D eigenvalue weighted by atomic mass is 16.6. The monoisotopic (exact) mass is 327 g/mol. The predicted molar refractivity (Wildman–Crippen MR) is 83.8 cm³/mol. The molecule has 0 aliphatic rings. The van der Waals surface area contributed by atoms with E-state index in [2.05, 4.69) is 15.5 Å². The number of hydrogen-bond acceptors (Lipinski definition) is 6. The van der Waals surface area contributed by atoms with Gasteiger partial charge in [0.05, 0.1) is 18.6 Å². The first-order chi connectivity index (χ1) is 11.6. The van der Waals surface area contributed by atoms with Gasteiger partial charge in [0.25, 0.3) is 5.91 Å². The van der Waals surface area contributed by atoms with Crippen molar-refractivity contribution in [3.8, 4) is 5.75 Å². The van der Waals surface area contributed by atoms with Gasteiger partial charge in [-0.05, 0) is 24.3 Å². The van der Waals surface area contributed by atoms with Gasteiger partial charge in [-0.15, -0.1) is 10.2 Å². The number of nitrogens with one attached hydrogen (secondary N) is 1. The average molecular weight is 327 g/mol. The number of ether oxygens (including phenoxy) is 1. The first kappa shape index (κ1) is 15.4. The summed E-state index contributed by atoms with van der Waals surface area (Å²) < 4.78 is 6.66. The summed E-state index contributed by atoms with van der Waals surface area (Å²) in [5.41, 5.74) is 0.566. The smallest absolute Gasteiger partial charge is 0.311 e. The zero-order valence-corrected chi connectivity index (χ0v) is 12.7. The topological polar surface area (TPSA) is 112 Å². The van der Waals surface area contributed by atoms with Gasteiger partial charge in [-0.1, -0.05) is 6.07 Å². The summed E-state index contributed by atoms with van der Waals surface area (Å²) in [6.45, 7) is 0.143. The Kier molecular flexibility index (Phi) is 4.06. The molecule has 122 valence electrons. The van der Waals surface area contributed by atoms with E-state index in [-0.39, 0.29) is 23.5 Å². The lowest BCUT2D eigenvalue weighted by atomic mass is 10.1. The van der Waals surface area contributed by atoms with Gasteiger partial charge < -0.3 is 10.1 Å².